The first kappa shape index (κ1) is 15.3. The van der Waals surface area contributed by atoms with E-state index < -0.39 is 0 Å². The number of likely N-dealkylation sites (N-methyl/N-ethyl adjacent to an activating group) is 1. The van der Waals surface area contributed by atoms with Gasteiger partial charge in [0.2, 0.25) is 11.7 Å². The molecule has 0 aromatic carbocycles. The third kappa shape index (κ3) is 2.71. The van der Waals surface area contributed by atoms with E-state index in [1.807, 2.05) is 7.05 Å². The van der Waals surface area contributed by atoms with E-state index in [1.54, 1.807) is 18.7 Å². The van der Waals surface area contributed by atoms with Crippen LogP contribution in [0, 0.1) is 13.8 Å². The van der Waals surface area contributed by atoms with Crippen LogP contribution >= 0.6 is 0 Å². The number of nitrogens with zero attached hydrogens (tertiary/aromatic N) is 5. The third-order valence-corrected chi connectivity index (χ3v) is 4.72. The first-order valence-electron chi connectivity index (χ1n) is 8.30. The van der Waals surface area contributed by atoms with Gasteiger partial charge in [0.15, 0.2) is 11.7 Å². The molecular weight excluding hydrogens is 310 g/mol. The van der Waals surface area contributed by atoms with Crippen molar-refractivity contribution in [3.8, 4) is 0 Å². The SMILES string of the molecule is Cc1nc(C)c(C(=O)N2CCN(C)[C@H](c3noc(C4CC4)n3)C2)o1. The summed E-state index contributed by atoms with van der Waals surface area (Å²) in [5.74, 6) is 2.51. The van der Waals surface area contributed by atoms with E-state index in [2.05, 4.69) is 20.0 Å². The van der Waals surface area contributed by atoms with Crippen LogP contribution in [0.2, 0.25) is 0 Å². The van der Waals surface area contributed by atoms with Gasteiger partial charge in [-0.05, 0) is 26.8 Å². The van der Waals surface area contributed by atoms with Gasteiger partial charge < -0.3 is 13.8 Å². The van der Waals surface area contributed by atoms with E-state index in [1.165, 1.54) is 0 Å². The van der Waals surface area contributed by atoms with Crippen molar-refractivity contribution in [3.63, 3.8) is 0 Å². The number of piperazine rings is 1. The lowest BCUT2D eigenvalue weighted by Gasteiger charge is -2.37. The summed E-state index contributed by atoms with van der Waals surface area (Å²) in [7, 11) is 2.02. The van der Waals surface area contributed by atoms with Crippen LogP contribution in [-0.4, -0.2) is 57.5 Å². The molecule has 1 saturated heterocycles. The number of carbonyl (C=O) groups excluding carboxylic acids is 1. The highest BCUT2D eigenvalue weighted by Gasteiger charge is 2.36. The van der Waals surface area contributed by atoms with E-state index in [0.717, 1.165) is 25.3 Å². The van der Waals surface area contributed by atoms with Gasteiger partial charge in [-0.1, -0.05) is 5.16 Å². The highest BCUT2D eigenvalue weighted by atomic mass is 16.5. The third-order valence-electron chi connectivity index (χ3n) is 4.72. The summed E-state index contributed by atoms with van der Waals surface area (Å²) in [5.41, 5.74) is 0.628. The number of aromatic nitrogens is 3. The molecule has 1 saturated carbocycles. The number of amides is 1. The molecule has 1 atom stereocenters. The lowest BCUT2D eigenvalue weighted by Crippen LogP contribution is -2.49. The Morgan fingerprint density at radius 2 is 2.00 bits per heavy atom. The first-order chi connectivity index (χ1) is 11.5. The van der Waals surface area contributed by atoms with Crippen LogP contribution in [0.4, 0.5) is 0 Å². The molecule has 1 amide bonds. The Morgan fingerprint density at radius 3 is 2.67 bits per heavy atom. The second kappa shape index (κ2) is 5.70. The molecule has 1 aliphatic heterocycles. The minimum atomic E-state index is -0.128. The van der Waals surface area contributed by atoms with Crippen LogP contribution in [0.1, 0.15) is 58.7 Å². The predicted molar refractivity (Wildman–Crippen MR) is 83.5 cm³/mol. The van der Waals surface area contributed by atoms with Gasteiger partial charge in [0.25, 0.3) is 5.91 Å². The summed E-state index contributed by atoms with van der Waals surface area (Å²) in [6.45, 7) is 5.43. The average molecular weight is 331 g/mol. The summed E-state index contributed by atoms with van der Waals surface area (Å²) in [6, 6.07) is -0.0664. The maximum atomic E-state index is 12.8. The molecule has 2 fully saturated rings. The summed E-state index contributed by atoms with van der Waals surface area (Å²) < 4.78 is 10.8. The summed E-state index contributed by atoms with van der Waals surface area (Å²) >= 11 is 0. The Morgan fingerprint density at radius 1 is 1.21 bits per heavy atom. The molecule has 128 valence electrons. The van der Waals surface area contributed by atoms with Crippen LogP contribution < -0.4 is 0 Å². The zero-order chi connectivity index (χ0) is 16.8. The highest BCUT2D eigenvalue weighted by Crippen LogP contribution is 2.39. The van der Waals surface area contributed by atoms with Gasteiger partial charge in [-0.3, -0.25) is 9.69 Å². The van der Waals surface area contributed by atoms with E-state index in [0.29, 0.717) is 42.2 Å². The summed E-state index contributed by atoms with van der Waals surface area (Å²) in [5, 5.41) is 4.14. The highest BCUT2D eigenvalue weighted by molar-refractivity contribution is 5.92. The molecule has 1 aliphatic carbocycles. The second-order valence-electron chi connectivity index (χ2n) is 6.66. The van der Waals surface area contributed by atoms with E-state index >= 15 is 0 Å². The van der Waals surface area contributed by atoms with Gasteiger partial charge in [-0.2, -0.15) is 4.98 Å². The van der Waals surface area contributed by atoms with Crippen LogP contribution in [0.15, 0.2) is 8.94 Å². The van der Waals surface area contributed by atoms with Crippen molar-refractivity contribution < 1.29 is 13.7 Å². The van der Waals surface area contributed by atoms with Crippen LogP contribution in [-0.2, 0) is 0 Å². The smallest absolute Gasteiger partial charge is 0.291 e. The predicted octanol–water partition coefficient (Wildman–Crippen LogP) is 1.68. The number of hydrogen-bond donors (Lipinski definition) is 0. The first-order valence-corrected chi connectivity index (χ1v) is 8.30. The summed E-state index contributed by atoms with van der Waals surface area (Å²) in [4.78, 5) is 25.4. The van der Waals surface area contributed by atoms with Gasteiger partial charge >= 0.3 is 0 Å². The molecule has 3 heterocycles. The summed E-state index contributed by atoms with van der Waals surface area (Å²) in [6.07, 6.45) is 2.24. The van der Waals surface area contributed by atoms with Crippen molar-refractivity contribution >= 4 is 5.91 Å². The Hall–Kier alpha value is -2.22. The Labute approximate surface area is 139 Å². The topological polar surface area (TPSA) is 88.5 Å². The molecule has 0 N–H and O–H groups in total. The fourth-order valence-corrected chi connectivity index (χ4v) is 3.09. The molecule has 4 rings (SSSR count). The maximum absolute atomic E-state index is 12.8. The molecule has 0 unspecified atom stereocenters. The van der Waals surface area contributed by atoms with Crippen LogP contribution in [0.25, 0.3) is 0 Å². The fourth-order valence-electron chi connectivity index (χ4n) is 3.09. The number of oxazole rings is 1. The van der Waals surface area contributed by atoms with Crippen molar-refractivity contribution in [2.45, 2.75) is 38.6 Å². The zero-order valence-electron chi connectivity index (χ0n) is 14.2. The van der Waals surface area contributed by atoms with Gasteiger partial charge in [0.1, 0.15) is 0 Å². The van der Waals surface area contributed by atoms with Gasteiger partial charge in [0.05, 0.1) is 11.7 Å². The van der Waals surface area contributed by atoms with E-state index in [4.69, 9.17) is 8.94 Å². The van der Waals surface area contributed by atoms with Crippen molar-refractivity contribution in [2.75, 3.05) is 26.7 Å². The molecule has 2 aliphatic rings. The molecule has 0 bridgehead atoms. The number of carbonyl (C=O) groups is 1. The van der Waals surface area contributed by atoms with Gasteiger partial charge in [-0.25, -0.2) is 4.98 Å². The van der Waals surface area contributed by atoms with Gasteiger partial charge in [0, 0.05) is 32.5 Å². The number of rotatable bonds is 3. The number of aryl methyl sites for hydroxylation is 2. The zero-order valence-corrected chi connectivity index (χ0v) is 14.2. The molecule has 2 aromatic heterocycles. The number of hydrogen-bond acceptors (Lipinski definition) is 7. The minimum Gasteiger partial charge on any atom is -0.436 e. The lowest BCUT2D eigenvalue weighted by atomic mass is 10.1. The standard InChI is InChI=1S/C16H21N5O3/c1-9-13(23-10(2)17-9)16(22)21-7-6-20(3)12(8-21)14-18-15(24-19-14)11-4-5-11/h11-12H,4-8H2,1-3H3/t12-/m0/s1. The van der Waals surface area contributed by atoms with Crippen molar-refractivity contribution in [1.29, 1.82) is 0 Å². The Kier molecular flexibility index (Phi) is 3.64. The maximum Gasteiger partial charge on any atom is 0.291 e. The minimum absolute atomic E-state index is 0.0664. The van der Waals surface area contributed by atoms with E-state index in [9.17, 15) is 4.79 Å². The molecular formula is C16H21N5O3. The van der Waals surface area contributed by atoms with Crippen molar-refractivity contribution in [1.82, 2.24) is 24.9 Å². The molecule has 24 heavy (non-hydrogen) atoms. The molecule has 0 radical (unpaired) electrons. The van der Waals surface area contributed by atoms with Crippen LogP contribution in [0.3, 0.4) is 0 Å². The molecule has 0 spiro atoms. The normalized spacial score (nSPS) is 22.1. The molecule has 8 heteroatoms. The largest absolute Gasteiger partial charge is 0.436 e. The Bertz CT molecular complexity index is 764. The monoisotopic (exact) mass is 331 g/mol. The quantitative estimate of drug-likeness (QED) is 0.845. The average Bonchev–Trinajstić information content (AvgIpc) is 3.19. The van der Waals surface area contributed by atoms with E-state index in [-0.39, 0.29) is 11.9 Å². The van der Waals surface area contributed by atoms with Crippen LogP contribution in [0.5, 0.6) is 0 Å². The lowest BCUT2D eigenvalue weighted by molar-refractivity contribution is 0.0498. The van der Waals surface area contributed by atoms with Crippen molar-refractivity contribution in [3.05, 3.63) is 29.1 Å². The second-order valence-corrected chi connectivity index (χ2v) is 6.66. The van der Waals surface area contributed by atoms with Gasteiger partial charge in [-0.15, -0.1) is 0 Å². The fraction of sp³-hybridized carbons (Fsp3) is 0.625. The Balaban J connectivity index is 1.53. The molecule has 2 aromatic rings. The van der Waals surface area contributed by atoms with Crippen molar-refractivity contribution in [2.24, 2.45) is 0 Å². The molecule has 8 nitrogen and oxygen atoms in total.